The Hall–Kier alpha value is 0.293. The molecule has 0 saturated carbocycles. The molecule has 0 amide bonds. The number of carbonyl (C=O) groups excluding carboxylic acids is 1. The van der Waals surface area contributed by atoms with Gasteiger partial charge in [-0.25, -0.2) is 0 Å². The van der Waals surface area contributed by atoms with Crippen molar-refractivity contribution in [2.24, 2.45) is 5.92 Å². The maximum Gasteiger partial charge on any atom is 2.00 e. The predicted molar refractivity (Wildman–Crippen MR) is 29.5 cm³/mol. The summed E-state index contributed by atoms with van der Waals surface area (Å²) in [6.07, 6.45) is 2.25. The summed E-state index contributed by atoms with van der Waals surface area (Å²) in [5, 5.41) is 0. The maximum absolute atomic E-state index is 9.89. The fourth-order valence-electron chi connectivity index (χ4n) is 0.280. The van der Waals surface area contributed by atoms with Crippen molar-refractivity contribution in [3.8, 4) is 0 Å². The normalized spacial score (nSPS) is 8.38. The van der Waals surface area contributed by atoms with Gasteiger partial charge >= 0.3 is 19.5 Å². The van der Waals surface area contributed by atoms with Crippen LogP contribution in [0.15, 0.2) is 0 Å². The van der Waals surface area contributed by atoms with E-state index in [0.29, 0.717) is 12.8 Å². The predicted octanol–water partition coefficient (Wildman–Crippen LogP) is 1.25. The van der Waals surface area contributed by atoms with Crippen molar-refractivity contribution in [2.45, 2.75) is 12.8 Å². The minimum atomic E-state index is 0. The molecule has 0 aromatic heterocycles. The number of hydrogen-bond acceptors (Lipinski definition) is 1. The minimum Gasteiger partial charge on any atom is -0.343 e. The second-order valence-corrected chi connectivity index (χ2v) is 1.47. The molecule has 0 aromatic carbocycles. The average Bonchev–Trinajstić information content (AvgIpc) is 1.72. The molecule has 2 heteroatoms. The van der Waals surface area contributed by atoms with Gasteiger partial charge in [-0.1, -0.05) is 0 Å². The van der Waals surface area contributed by atoms with Gasteiger partial charge in [-0.3, -0.25) is 0 Å². The number of rotatable bonds is 3. The third kappa shape index (κ3) is 4.45. The van der Waals surface area contributed by atoms with Crippen molar-refractivity contribution in [3.05, 3.63) is 13.8 Å². The summed E-state index contributed by atoms with van der Waals surface area (Å²) >= 11 is 0. The first-order valence-corrected chi connectivity index (χ1v) is 2.39. The zero-order valence-corrected chi connectivity index (χ0v) is 8.07. The van der Waals surface area contributed by atoms with Gasteiger partial charge in [0, 0.05) is 0 Å². The Bertz CT molecular complexity index is 50.5. The molecule has 0 fully saturated rings. The van der Waals surface area contributed by atoms with E-state index >= 15 is 0 Å². The van der Waals surface area contributed by atoms with Gasteiger partial charge in [0.1, 0.15) is 6.29 Å². The van der Waals surface area contributed by atoms with Gasteiger partial charge in [0.2, 0.25) is 0 Å². The van der Waals surface area contributed by atoms with E-state index in [-0.39, 0.29) is 25.4 Å². The van der Waals surface area contributed by atoms with Crippen molar-refractivity contribution in [3.63, 3.8) is 0 Å². The monoisotopic (exact) mass is 162 g/mol. The second-order valence-electron chi connectivity index (χ2n) is 1.47. The van der Waals surface area contributed by atoms with Gasteiger partial charge in [-0.05, 0) is 5.92 Å². The summed E-state index contributed by atoms with van der Waals surface area (Å²) in [6.45, 7) is 7.11. The largest absolute Gasteiger partial charge is 2.00 e. The molecule has 0 saturated heterocycles. The average molecular weight is 164 g/mol. The molecule has 0 spiro atoms. The van der Waals surface area contributed by atoms with E-state index < -0.39 is 0 Å². The van der Waals surface area contributed by atoms with E-state index in [1.165, 1.54) is 0 Å². The number of aldehydes is 1. The molecule has 0 bridgehead atoms. The van der Waals surface area contributed by atoms with Crippen LogP contribution in [0, 0.1) is 19.8 Å². The van der Waals surface area contributed by atoms with Crippen molar-refractivity contribution in [1.29, 1.82) is 0 Å². The van der Waals surface area contributed by atoms with Gasteiger partial charge in [0.25, 0.3) is 0 Å². The smallest absolute Gasteiger partial charge is 0.343 e. The van der Waals surface area contributed by atoms with Crippen LogP contribution in [-0.4, -0.2) is 6.29 Å². The summed E-state index contributed by atoms with van der Waals surface area (Å²) in [4.78, 5) is 9.89. The zero-order valence-electron chi connectivity index (χ0n) is 5.10. The molecule has 0 rings (SSSR count). The van der Waals surface area contributed by atoms with E-state index in [1.807, 2.05) is 0 Å². The van der Waals surface area contributed by atoms with E-state index in [0.717, 1.165) is 6.29 Å². The summed E-state index contributed by atoms with van der Waals surface area (Å²) in [5.41, 5.74) is 0. The molecule has 0 atom stereocenters. The second kappa shape index (κ2) is 7.29. The van der Waals surface area contributed by atoms with Crippen LogP contribution in [0.25, 0.3) is 0 Å². The van der Waals surface area contributed by atoms with Gasteiger partial charge in [-0.15, -0.1) is 0 Å². The zero-order chi connectivity index (χ0) is 5.70. The molecule has 0 radical (unpaired) electrons. The fraction of sp³-hybridized carbons (Fsp3) is 0.500. The van der Waals surface area contributed by atoms with Crippen LogP contribution in [0.3, 0.4) is 0 Å². The SMILES string of the molecule is [CH2-]CC(C=O)C[CH2-].[Zn+2]. The molecule has 0 unspecified atom stereocenters. The third-order valence-corrected chi connectivity index (χ3v) is 0.934. The molecule has 42 valence electrons. The van der Waals surface area contributed by atoms with Gasteiger partial charge in [0.15, 0.2) is 0 Å². The molecule has 8 heavy (non-hydrogen) atoms. The van der Waals surface area contributed by atoms with E-state index in [2.05, 4.69) is 13.8 Å². The van der Waals surface area contributed by atoms with Crippen molar-refractivity contribution in [1.82, 2.24) is 0 Å². The van der Waals surface area contributed by atoms with Crippen molar-refractivity contribution in [2.75, 3.05) is 0 Å². The number of hydrogen-bond donors (Lipinski definition) is 0. The van der Waals surface area contributed by atoms with Crippen LogP contribution >= 0.6 is 0 Å². The van der Waals surface area contributed by atoms with Crippen LogP contribution in [0.4, 0.5) is 0 Å². The third-order valence-electron chi connectivity index (χ3n) is 0.934. The summed E-state index contributed by atoms with van der Waals surface area (Å²) in [5.74, 6) is 0.0833. The van der Waals surface area contributed by atoms with E-state index in [1.54, 1.807) is 0 Å². The number of carbonyl (C=O) groups is 1. The molecular formula is C6H10OZn. The summed E-state index contributed by atoms with van der Waals surface area (Å²) < 4.78 is 0. The quantitative estimate of drug-likeness (QED) is 0.348. The first-order valence-electron chi connectivity index (χ1n) is 2.39. The Labute approximate surface area is 63.6 Å². The Morgan fingerprint density at radius 3 is 1.75 bits per heavy atom. The minimum absolute atomic E-state index is 0. The Morgan fingerprint density at radius 2 is 1.75 bits per heavy atom. The molecular weight excluding hydrogens is 153 g/mol. The van der Waals surface area contributed by atoms with Crippen LogP contribution < -0.4 is 0 Å². The standard InChI is InChI=1S/C6H10O.Zn/c1-3-6(4-2)5-7;/h5-6H,1-4H2;/q-2;+2. The van der Waals surface area contributed by atoms with E-state index in [9.17, 15) is 4.79 Å². The van der Waals surface area contributed by atoms with E-state index in [4.69, 9.17) is 0 Å². The van der Waals surface area contributed by atoms with Crippen LogP contribution in [0.1, 0.15) is 12.8 Å². The summed E-state index contributed by atoms with van der Waals surface area (Å²) in [7, 11) is 0. The van der Waals surface area contributed by atoms with Crippen LogP contribution in [-0.2, 0) is 24.3 Å². The molecule has 0 heterocycles. The Morgan fingerprint density at radius 1 is 1.38 bits per heavy atom. The molecule has 0 aliphatic carbocycles. The Kier molecular flexibility index (Phi) is 10.2. The van der Waals surface area contributed by atoms with Gasteiger partial charge < -0.3 is 18.6 Å². The molecule has 1 nitrogen and oxygen atoms in total. The molecule has 0 aliphatic rings. The maximum atomic E-state index is 9.89. The Balaban J connectivity index is 0. The summed E-state index contributed by atoms with van der Waals surface area (Å²) in [6, 6.07) is 0. The first kappa shape index (κ1) is 11.1. The van der Waals surface area contributed by atoms with Gasteiger partial charge in [-0.2, -0.15) is 12.8 Å². The molecule has 0 aliphatic heterocycles. The van der Waals surface area contributed by atoms with Gasteiger partial charge in [0.05, 0.1) is 0 Å². The fourth-order valence-corrected chi connectivity index (χ4v) is 0.280. The molecule has 0 N–H and O–H groups in total. The van der Waals surface area contributed by atoms with Crippen molar-refractivity contribution < 1.29 is 24.3 Å². The first-order chi connectivity index (χ1) is 3.35. The van der Waals surface area contributed by atoms with Crippen molar-refractivity contribution >= 4 is 6.29 Å². The topological polar surface area (TPSA) is 17.1 Å². The van der Waals surface area contributed by atoms with Crippen LogP contribution in [0.5, 0.6) is 0 Å². The molecule has 0 aromatic rings. The van der Waals surface area contributed by atoms with Crippen LogP contribution in [0.2, 0.25) is 0 Å².